The standard InChI is InChI=1S/C20H19N5O3/c1-12-16(14-8-5-9-22-11-14)17(25-24-12)20(28)23-15(18(26)19(21)27)10-13-6-3-2-4-7-13/h2-9,11,15H,10H2,1H3,(H2,21,27)(H,23,28)(H,24,25). The number of aryl methyl sites for hydroxylation is 1. The Hall–Kier alpha value is -3.81. The van der Waals surface area contributed by atoms with Crippen LogP contribution in [0.1, 0.15) is 21.7 Å². The molecular formula is C20H19N5O3. The minimum atomic E-state index is -1.10. The fraction of sp³-hybridized carbons (Fsp3) is 0.150. The van der Waals surface area contributed by atoms with Gasteiger partial charge in [0.2, 0.25) is 5.78 Å². The van der Waals surface area contributed by atoms with Crippen molar-refractivity contribution in [3.05, 3.63) is 71.8 Å². The van der Waals surface area contributed by atoms with Crippen molar-refractivity contribution in [2.45, 2.75) is 19.4 Å². The number of nitrogens with two attached hydrogens (primary N) is 1. The summed E-state index contributed by atoms with van der Waals surface area (Å²) >= 11 is 0. The highest BCUT2D eigenvalue weighted by molar-refractivity contribution is 6.38. The summed E-state index contributed by atoms with van der Waals surface area (Å²) in [7, 11) is 0. The Morgan fingerprint density at radius 2 is 1.89 bits per heavy atom. The molecule has 2 aromatic heterocycles. The summed E-state index contributed by atoms with van der Waals surface area (Å²) in [6.07, 6.45) is 3.38. The van der Waals surface area contributed by atoms with Crippen molar-refractivity contribution in [2.24, 2.45) is 5.73 Å². The SMILES string of the molecule is Cc1[nH]nc(C(=O)NC(Cc2ccccc2)C(=O)C(N)=O)c1-c1cccnc1. The molecule has 3 aromatic rings. The molecule has 0 aliphatic carbocycles. The summed E-state index contributed by atoms with van der Waals surface area (Å²) in [4.78, 5) is 40.6. The highest BCUT2D eigenvalue weighted by Crippen LogP contribution is 2.25. The van der Waals surface area contributed by atoms with Crippen LogP contribution in [0.4, 0.5) is 0 Å². The van der Waals surface area contributed by atoms with E-state index in [9.17, 15) is 14.4 Å². The van der Waals surface area contributed by atoms with Gasteiger partial charge in [0.1, 0.15) is 6.04 Å². The first-order valence-electron chi connectivity index (χ1n) is 8.61. The first kappa shape index (κ1) is 19.0. The maximum Gasteiger partial charge on any atom is 0.287 e. The predicted molar refractivity (Wildman–Crippen MR) is 102 cm³/mol. The van der Waals surface area contributed by atoms with E-state index in [2.05, 4.69) is 20.5 Å². The highest BCUT2D eigenvalue weighted by atomic mass is 16.2. The summed E-state index contributed by atoms with van der Waals surface area (Å²) in [5.74, 6) is -2.56. The van der Waals surface area contributed by atoms with Crippen LogP contribution in [-0.2, 0) is 16.0 Å². The second-order valence-corrected chi connectivity index (χ2v) is 6.26. The smallest absolute Gasteiger partial charge is 0.287 e. The van der Waals surface area contributed by atoms with Crippen molar-refractivity contribution in [1.82, 2.24) is 20.5 Å². The molecule has 1 aromatic carbocycles. The molecule has 0 saturated carbocycles. The van der Waals surface area contributed by atoms with Crippen LogP contribution in [0.2, 0.25) is 0 Å². The lowest BCUT2D eigenvalue weighted by Gasteiger charge is -2.16. The molecule has 4 N–H and O–H groups in total. The molecule has 142 valence electrons. The number of aromatic amines is 1. The number of ketones is 1. The van der Waals surface area contributed by atoms with Crippen LogP contribution < -0.4 is 11.1 Å². The van der Waals surface area contributed by atoms with Gasteiger partial charge < -0.3 is 11.1 Å². The molecule has 0 radical (unpaired) electrons. The number of Topliss-reactive ketones (excluding diaryl/α,β-unsaturated/α-hetero) is 1. The van der Waals surface area contributed by atoms with Crippen molar-refractivity contribution in [3.8, 4) is 11.1 Å². The van der Waals surface area contributed by atoms with E-state index in [0.29, 0.717) is 16.8 Å². The number of pyridine rings is 1. The maximum atomic E-state index is 12.9. The fourth-order valence-corrected chi connectivity index (χ4v) is 2.91. The second-order valence-electron chi connectivity index (χ2n) is 6.26. The Morgan fingerprint density at radius 3 is 2.54 bits per heavy atom. The van der Waals surface area contributed by atoms with Gasteiger partial charge in [0.15, 0.2) is 5.69 Å². The maximum absolute atomic E-state index is 12.9. The molecule has 2 amide bonds. The quantitative estimate of drug-likeness (QED) is 0.532. The average Bonchev–Trinajstić information content (AvgIpc) is 3.09. The van der Waals surface area contributed by atoms with Crippen LogP contribution in [0.25, 0.3) is 11.1 Å². The number of primary amides is 1. The molecule has 0 bridgehead atoms. The van der Waals surface area contributed by atoms with Gasteiger partial charge in [-0.1, -0.05) is 36.4 Å². The molecule has 2 heterocycles. The lowest BCUT2D eigenvalue weighted by molar-refractivity contribution is -0.137. The summed E-state index contributed by atoms with van der Waals surface area (Å²) < 4.78 is 0. The van der Waals surface area contributed by atoms with Crippen LogP contribution in [0.3, 0.4) is 0 Å². The lowest BCUT2D eigenvalue weighted by Crippen LogP contribution is -2.47. The van der Waals surface area contributed by atoms with E-state index in [1.165, 1.54) is 0 Å². The van der Waals surface area contributed by atoms with Gasteiger partial charge in [-0.05, 0) is 18.6 Å². The van der Waals surface area contributed by atoms with E-state index in [0.717, 1.165) is 5.56 Å². The summed E-state index contributed by atoms with van der Waals surface area (Å²) in [5.41, 5.74) is 8.02. The van der Waals surface area contributed by atoms with Crippen molar-refractivity contribution < 1.29 is 14.4 Å². The van der Waals surface area contributed by atoms with Crippen LogP contribution in [0.15, 0.2) is 54.9 Å². The molecule has 1 atom stereocenters. The minimum Gasteiger partial charge on any atom is -0.363 e. The van der Waals surface area contributed by atoms with Crippen molar-refractivity contribution >= 4 is 17.6 Å². The van der Waals surface area contributed by atoms with Crippen LogP contribution >= 0.6 is 0 Å². The molecule has 8 heteroatoms. The number of H-pyrrole nitrogens is 1. The van der Waals surface area contributed by atoms with E-state index >= 15 is 0 Å². The Morgan fingerprint density at radius 1 is 1.14 bits per heavy atom. The monoisotopic (exact) mass is 377 g/mol. The molecule has 0 aliphatic rings. The molecule has 8 nitrogen and oxygen atoms in total. The first-order valence-corrected chi connectivity index (χ1v) is 8.61. The van der Waals surface area contributed by atoms with Gasteiger partial charge in [-0.25, -0.2) is 0 Å². The van der Waals surface area contributed by atoms with Gasteiger partial charge in [0.25, 0.3) is 11.8 Å². The molecule has 0 spiro atoms. The van der Waals surface area contributed by atoms with Gasteiger partial charge in [0.05, 0.1) is 0 Å². The number of benzene rings is 1. The van der Waals surface area contributed by atoms with E-state index < -0.39 is 23.6 Å². The number of hydrogen-bond donors (Lipinski definition) is 3. The fourth-order valence-electron chi connectivity index (χ4n) is 2.91. The topological polar surface area (TPSA) is 131 Å². The van der Waals surface area contributed by atoms with E-state index in [1.807, 2.05) is 6.07 Å². The highest BCUT2D eigenvalue weighted by Gasteiger charge is 2.28. The largest absolute Gasteiger partial charge is 0.363 e. The van der Waals surface area contributed by atoms with Gasteiger partial charge in [-0.2, -0.15) is 5.10 Å². The molecule has 28 heavy (non-hydrogen) atoms. The zero-order valence-corrected chi connectivity index (χ0v) is 15.2. The van der Waals surface area contributed by atoms with Crippen molar-refractivity contribution in [1.29, 1.82) is 0 Å². The Balaban J connectivity index is 1.89. The summed E-state index contributed by atoms with van der Waals surface area (Å²) in [6.45, 7) is 1.78. The van der Waals surface area contributed by atoms with Crippen LogP contribution in [0, 0.1) is 6.92 Å². The van der Waals surface area contributed by atoms with Gasteiger partial charge in [0, 0.05) is 35.6 Å². The van der Waals surface area contributed by atoms with Gasteiger partial charge in [-0.15, -0.1) is 0 Å². The van der Waals surface area contributed by atoms with E-state index in [-0.39, 0.29) is 12.1 Å². The third kappa shape index (κ3) is 4.12. The average molecular weight is 377 g/mol. The minimum absolute atomic E-state index is 0.112. The number of hydrogen-bond acceptors (Lipinski definition) is 5. The van der Waals surface area contributed by atoms with Gasteiger partial charge >= 0.3 is 0 Å². The Kier molecular flexibility index (Phi) is 5.59. The van der Waals surface area contributed by atoms with Crippen LogP contribution in [0.5, 0.6) is 0 Å². The Bertz CT molecular complexity index is 999. The molecular weight excluding hydrogens is 358 g/mol. The third-order valence-electron chi connectivity index (χ3n) is 4.26. The zero-order chi connectivity index (χ0) is 20.1. The predicted octanol–water partition coefficient (Wildman–Crippen LogP) is 1.18. The first-order chi connectivity index (χ1) is 13.5. The number of nitrogens with one attached hydrogen (secondary N) is 2. The second kappa shape index (κ2) is 8.26. The third-order valence-corrected chi connectivity index (χ3v) is 4.26. The number of carbonyl (C=O) groups is 3. The number of rotatable bonds is 7. The van der Waals surface area contributed by atoms with E-state index in [4.69, 9.17) is 5.73 Å². The molecule has 0 aliphatic heterocycles. The Labute approximate surface area is 161 Å². The normalized spacial score (nSPS) is 11.6. The van der Waals surface area contributed by atoms with Crippen LogP contribution in [-0.4, -0.2) is 38.8 Å². The van der Waals surface area contributed by atoms with Crippen molar-refractivity contribution in [3.63, 3.8) is 0 Å². The summed E-state index contributed by atoms with van der Waals surface area (Å²) in [5, 5.41) is 9.43. The number of carbonyl (C=O) groups excluding carboxylic acids is 3. The molecule has 1 unspecified atom stereocenters. The summed E-state index contributed by atoms with van der Waals surface area (Å²) in [6, 6.07) is 11.5. The lowest BCUT2D eigenvalue weighted by atomic mass is 10.0. The van der Waals surface area contributed by atoms with Crippen molar-refractivity contribution in [2.75, 3.05) is 0 Å². The van der Waals surface area contributed by atoms with E-state index in [1.54, 1.807) is 55.7 Å². The molecule has 0 saturated heterocycles. The molecule has 0 fully saturated rings. The zero-order valence-electron chi connectivity index (χ0n) is 15.2. The van der Waals surface area contributed by atoms with Gasteiger partial charge in [-0.3, -0.25) is 24.5 Å². The number of nitrogens with zero attached hydrogens (tertiary/aromatic N) is 2. The molecule has 3 rings (SSSR count). The number of aromatic nitrogens is 3. The number of amides is 2.